The Kier molecular flexibility index (Phi) is 3.34. The smallest absolute Gasteiger partial charge is 0.123 e. The van der Waals surface area contributed by atoms with Crippen molar-refractivity contribution in [2.24, 2.45) is 7.05 Å². The fourth-order valence-corrected chi connectivity index (χ4v) is 2.87. The number of likely N-dealkylation sites (tertiary alicyclic amines) is 1. The van der Waals surface area contributed by atoms with Crippen molar-refractivity contribution in [1.82, 2.24) is 14.7 Å². The van der Waals surface area contributed by atoms with Gasteiger partial charge in [-0.3, -0.25) is 9.58 Å². The van der Waals surface area contributed by atoms with Gasteiger partial charge in [0.25, 0.3) is 0 Å². The maximum atomic E-state index is 13.2. The van der Waals surface area contributed by atoms with Gasteiger partial charge >= 0.3 is 0 Å². The number of nitrogens with zero attached hydrogens (tertiary/aromatic N) is 3. The Hall–Kier alpha value is -1.68. The van der Waals surface area contributed by atoms with E-state index in [-0.39, 0.29) is 5.82 Å². The molecule has 0 spiro atoms. The average molecular weight is 259 g/mol. The molecule has 0 bridgehead atoms. The Balaban J connectivity index is 1.76. The molecule has 0 aliphatic carbocycles. The van der Waals surface area contributed by atoms with Crippen LogP contribution in [0.4, 0.5) is 4.39 Å². The van der Waals surface area contributed by atoms with E-state index in [1.165, 1.54) is 18.1 Å². The molecule has 1 aromatic carbocycles. The molecule has 3 nitrogen and oxygen atoms in total. The van der Waals surface area contributed by atoms with Crippen LogP contribution in [0.15, 0.2) is 36.7 Å². The number of halogens is 1. The standard InChI is InChI=1S/C15H18FN3/c1-18-11-13(9-17-18)15-6-3-7-19(15)10-12-4-2-5-14(16)8-12/h2,4-5,8-9,11,15H,3,6-7,10H2,1H3/t15-/m0/s1. The molecule has 2 aromatic rings. The van der Waals surface area contributed by atoms with Gasteiger partial charge in [0.2, 0.25) is 0 Å². The highest BCUT2D eigenvalue weighted by Gasteiger charge is 2.26. The van der Waals surface area contributed by atoms with Crippen LogP contribution in [0.2, 0.25) is 0 Å². The monoisotopic (exact) mass is 259 g/mol. The summed E-state index contributed by atoms with van der Waals surface area (Å²) in [6, 6.07) is 7.30. The van der Waals surface area contributed by atoms with E-state index in [0.717, 1.165) is 25.1 Å². The van der Waals surface area contributed by atoms with Gasteiger partial charge in [-0.25, -0.2) is 4.39 Å². The van der Waals surface area contributed by atoms with E-state index in [1.807, 2.05) is 24.0 Å². The molecule has 0 saturated carbocycles. The summed E-state index contributed by atoms with van der Waals surface area (Å²) in [4.78, 5) is 2.41. The van der Waals surface area contributed by atoms with E-state index in [2.05, 4.69) is 16.2 Å². The summed E-state index contributed by atoms with van der Waals surface area (Å²) in [6.07, 6.45) is 6.36. The van der Waals surface area contributed by atoms with Crippen molar-refractivity contribution in [2.75, 3.05) is 6.54 Å². The lowest BCUT2D eigenvalue weighted by molar-refractivity contribution is 0.248. The van der Waals surface area contributed by atoms with Gasteiger partial charge in [-0.15, -0.1) is 0 Å². The second-order valence-electron chi connectivity index (χ2n) is 5.21. The highest BCUT2D eigenvalue weighted by molar-refractivity contribution is 5.18. The third-order valence-corrected chi connectivity index (χ3v) is 3.75. The van der Waals surface area contributed by atoms with E-state index < -0.39 is 0 Å². The summed E-state index contributed by atoms with van der Waals surface area (Å²) in [6.45, 7) is 1.87. The van der Waals surface area contributed by atoms with E-state index in [4.69, 9.17) is 0 Å². The van der Waals surface area contributed by atoms with Crippen LogP contribution in [0.5, 0.6) is 0 Å². The van der Waals surface area contributed by atoms with Crippen molar-refractivity contribution in [3.8, 4) is 0 Å². The summed E-state index contributed by atoms with van der Waals surface area (Å²) < 4.78 is 15.1. The minimum atomic E-state index is -0.158. The molecule has 0 amide bonds. The number of rotatable bonds is 3. The van der Waals surface area contributed by atoms with Gasteiger partial charge in [-0.1, -0.05) is 12.1 Å². The first-order valence-electron chi connectivity index (χ1n) is 6.69. The molecule has 0 radical (unpaired) electrons. The molecule has 2 heterocycles. The summed E-state index contributed by atoms with van der Waals surface area (Å²) >= 11 is 0. The van der Waals surface area contributed by atoms with Gasteiger partial charge in [-0.2, -0.15) is 5.10 Å². The first-order valence-corrected chi connectivity index (χ1v) is 6.69. The SMILES string of the molecule is Cn1cc([C@@H]2CCCN2Cc2cccc(F)c2)cn1. The molecule has 100 valence electrons. The van der Waals surface area contributed by atoms with Gasteiger partial charge < -0.3 is 0 Å². The van der Waals surface area contributed by atoms with Gasteiger partial charge in [0.1, 0.15) is 5.82 Å². The molecule has 1 saturated heterocycles. The number of benzene rings is 1. The lowest BCUT2D eigenvalue weighted by Crippen LogP contribution is -2.22. The molecular formula is C15H18FN3. The molecule has 1 atom stereocenters. The van der Waals surface area contributed by atoms with Crippen molar-refractivity contribution in [2.45, 2.75) is 25.4 Å². The van der Waals surface area contributed by atoms with Crippen LogP contribution in [0.1, 0.15) is 30.0 Å². The number of aryl methyl sites for hydroxylation is 1. The van der Waals surface area contributed by atoms with Crippen LogP contribution in [-0.4, -0.2) is 21.2 Å². The predicted molar refractivity (Wildman–Crippen MR) is 72.0 cm³/mol. The highest BCUT2D eigenvalue weighted by Crippen LogP contribution is 2.32. The van der Waals surface area contributed by atoms with Gasteiger partial charge in [0.05, 0.1) is 6.20 Å². The van der Waals surface area contributed by atoms with Crippen LogP contribution in [0.25, 0.3) is 0 Å². The third kappa shape index (κ3) is 2.68. The Labute approximate surface area is 112 Å². The van der Waals surface area contributed by atoms with E-state index in [1.54, 1.807) is 12.1 Å². The van der Waals surface area contributed by atoms with Crippen molar-refractivity contribution >= 4 is 0 Å². The van der Waals surface area contributed by atoms with E-state index in [9.17, 15) is 4.39 Å². The zero-order valence-corrected chi connectivity index (χ0v) is 11.1. The minimum Gasteiger partial charge on any atom is -0.292 e. The Bertz CT molecular complexity index is 564. The van der Waals surface area contributed by atoms with E-state index in [0.29, 0.717) is 6.04 Å². The molecule has 3 rings (SSSR count). The molecule has 1 aromatic heterocycles. The summed E-state index contributed by atoms with van der Waals surface area (Å²) in [5.74, 6) is -0.158. The maximum absolute atomic E-state index is 13.2. The molecule has 19 heavy (non-hydrogen) atoms. The average Bonchev–Trinajstić information content (AvgIpc) is 2.98. The van der Waals surface area contributed by atoms with Crippen molar-refractivity contribution in [1.29, 1.82) is 0 Å². The number of aromatic nitrogens is 2. The van der Waals surface area contributed by atoms with Gasteiger partial charge in [-0.05, 0) is 37.1 Å². The molecule has 0 N–H and O–H groups in total. The fraction of sp³-hybridized carbons (Fsp3) is 0.400. The molecule has 1 fully saturated rings. The van der Waals surface area contributed by atoms with E-state index >= 15 is 0 Å². The van der Waals surface area contributed by atoms with Crippen LogP contribution < -0.4 is 0 Å². The second-order valence-corrected chi connectivity index (χ2v) is 5.21. The first-order chi connectivity index (χ1) is 9.22. The summed E-state index contributed by atoms with van der Waals surface area (Å²) in [5.41, 5.74) is 2.30. The zero-order valence-electron chi connectivity index (χ0n) is 11.1. The van der Waals surface area contributed by atoms with Crippen LogP contribution in [-0.2, 0) is 13.6 Å². The lowest BCUT2D eigenvalue weighted by Gasteiger charge is -2.23. The van der Waals surface area contributed by atoms with Crippen molar-refractivity contribution in [3.05, 3.63) is 53.6 Å². The van der Waals surface area contributed by atoms with Crippen molar-refractivity contribution < 1.29 is 4.39 Å². The Morgan fingerprint density at radius 3 is 3.05 bits per heavy atom. The Morgan fingerprint density at radius 2 is 2.32 bits per heavy atom. The minimum absolute atomic E-state index is 0.158. The molecular weight excluding hydrogens is 241 g/mol. The van der Waals surface area contributed by atoms with Crippen LogP contribution >= 0.6 is 0 Å². The van der Waals surface area contributed by atoms with Gasteiger partial charge in [0.15, 0.2) is 0 Å². The Morgan fingerprint density at radius 1 is 1.42 bits per heavy atom. The normalized spacial score (nSPS) is 20.0. The van der Waals surface area contributed by atoms with Crippen LogP contribution in [0.3, 0.4) is 0 Å². The highest BCUT2D eigenvalue weighted by atomic mass is 19.1. The van der Waals surface area contributed by atoms with Crippen LogP contribution in [0, 0.1) is 5.82 Å². The molecule has 0 unspecified atom stereocenters. The molecule has 1 aliphatic heterocycles. The molecule has 1 aliphatic rings. The zero-order chi connectivity index (χ0) is 13.2. The summed E-state index contributed by atoms with van der Waals surface area (Å²) in [7, 11) is 1.94. The summed E-state index contributed by atoms with van der Waals surface area (Å²) in [5, 5.41) is 4.25. The van der Waals surface area contributed by atoms with Gasteiger partial charge in [0, 0.05) is 31.4 Å². The number of hydrogen-bond donors (Lipinski definition) is 0. The topological polar surface area (TPSA) is 21.1 Å². The third-order valence-electron chi connectivity index (χ3n) is 3.75. The molecule has 4 heteroatoms. The lowest BCUT2D eigenvalue weighted by atomic mass is 10.1. The van der Waals surface area contributed by atoms with Crippen molar-refractivity contribution in [3.63, 3.8) is 0 Å². The quantitative estimate of drug-likeness (QED) is 0.845. The predicted octanol–water partition coefficient (Wildman–Crippen LogP) is 2.90. The largest absolute Gasteiger partial charge is 0.292 e. The number of hydrogen-bond acceptors (Lipinski definition) is 2. The maximum Gasteiger partial charge on any atom is 0.123 e. The second kappa shape index (κ2) is 5.13. The fourth-order valence-electron chi connectivity index (χ4n) is 2.87. The first kappa shape index (κ1) is 12.4.